The predicted octanol–water partition coefficient (Wildman–Crippen LogP) is 1.36. The van der Waals surface area contributed by atoms with Crippen molar-refractivity contribution in [3.05, 3.63) is 35.4 Å². The molecule has 3 unspecified atom stereocenters. The van der Waals surface area contributed by atoms with Crippen LogP contribution in [0.4, 0.5) is 0 Å². The van der Waals surface area contributed by atoms with Crippen molar-refractivity contribution in [2.45, 2.75) is 44.6 Å². The zero-order chi connectivity index (χ0) is 18.0. The second kappa shape index (κ2) is 7.14. The van der Waals surface area contributed by atoms with Crippen molar-refractivity contribution in [2.24, 2.45) is 5.92 Å². The van der Waals surface area contributed by atoms with Gasteiger partial charge >= 0.3 is 0 Å². The molecule has 0 aliphatic carbocycles. The molecule has 25 heavy (non-hydrogen) atoms. The van der Waals surface area contributed by atoms with Crippen LogP contribution in [-0.2, 0) is 15.0 Å². The summed E-state index contributed by atoms with van der Waals surface area (Å²) in [6, 6.07) is 7.95. The molecule has 0 radical (unpaired) electrons. The minimum atomic E-state index is -0.548. The molecule has 1 aromatic carbocycles. The Morgan fingerprint density at radius 3 is 2.76 bits per heavy atom. The Labute approximate surface area is 148 Å². The summed E-state index contributed by atoms with van der Waals surface area (Å²) in [5.41, 5.74) is 3.37. The van der Waals surface area contributed by atoms with E-state index in [1.165, 1.54) is 5.56 Å². The van der Waals surface area contributed by atoms with Crippen molar-refractivity contribution < 1.29 is 14.8 Å². The smallest absolute Gasteiger partial charge is 0.245 e. The molecule has 2 heterocycles. The van der Waals surface area contributed by atoms with Gasteiger partial charge in [0.2, 0.25) is 11.8 Å². The van der Waals surface area contributed by atoms with E-state index in [1.54, 1.807) is 5.48 Å². The molecule has 2 saturated heterocycles. The van der Waals surface area contributed by atoms with Gasteiger partial charge in [0.1, 0.15) is 0 Å². The van der Waals surface area contributed by atoms with Crippen LogP contribution in [0.25, 0.3) is 0 Å². The maximum Gasteiger partial charge on any atom is 0.245 e. The van der Waals surface area contributed by atoms with E-state index in [9.17, 15) is 9.59 Å². The third kappa shape index (κ3) is 3.41. The Bertz CT molecular complexity index is 640. The highest BCUT2D eigenvalue weighted by atomic mass is 16.5. The van der Waals surface area contributed by atoms with Gasteiger partial charge in [-0.05, 0) is 51.3 Å². The summed E-state index contributed by atoms with van der Waals surface area (Å²) in [5, 5.41) is 12.2. The van der Waals surface area contributed by atoms with Gasteiger partial charge in [-0.15, -0.1) is 0 Å². The van der Waals surface area contributed by atoms with Gasteiger partial charge in [0.05, 0.1) is 5.41 Å². The highest BCUT2D eigenvalue weighted by Gasteiger charge is 2.48. The number of aryl methyl sites for hydroxylation is 1. The van der Waals surface area contributed by atoms with Crippen molar-refractivity contribution in [3.63, 3.8) is 0 Å². The van der Waals surface area contributed by atoms with Crippen LogP contribution in [0.15, 0.2) is 24.3 Å². The normalized spacial score (nSPS) is 27.6. The Balaban J connectivity index is 1.84. The van der Waals surface area contributed by atoms with Crippen molar-refractivity contribution in [1.82, 2.24) is 15.7 Å². The lowest BCUT2D eigenvalue weighted by Gasteiger charge is -2.33. The third-order valence-electron chi connectivity index (χ3n) is 5.84. The van der Waals surface area contributed by atoms with Crippen LogP contribution in [-0.4, -0.2) is 47.6 Å². The molecule has 3 N–H and O–H groups in total. The summed E-state index contributed by atoms with van der Waals surface area (Å²) in [6.07, 6.45) is 1.82. The maximum absolute atomic E-state index is 13.3. The van der Waals surface area contributed by atoms with Crippen molar-refractivity contribution in [2.75, 3.05) is 19.6 Å². The summed E-state index contributed by atoms with van der Waals surface area (Å²) >= 11 is 0. The van der Waals surface area contributed by atoms with E-state index in [4.69, 9.17) is 5.21 Å². The van der Waals surface area contributed by atoms with Crippen molar-refractivity contribution in [1.29, 1.82) is 0 Å². The second-order valence-corrected chi connectivity index (χ2v) is 7.51. The average Bonchev–Trinajstić information content (AvgIpc) is 3.24. The summed E-state index contributed by atoms with van der Waals surface area (Å²) in [5.74, 6) is -0.116. The van der Waals surface area contributed by atoms with E-state index in [-0.39, 0.29) is 24.3 Å². The van der Waals surface area contributed by atoms with E-state index in [0.29, 0.717) is 6.54 Å². The lowest BCUT2D eigenvalue weighted by atomic mass is 9.80. The van der Waals surface area contributed by atoms with Gasteiger partial charge in [-0.2, -0.15) is 0 Å². The van der Waals surface area contributed by atoms with Gasteiger partial charge < -0.3 is 10.2 Å². The van der Waals surface area contributed by atoms with Crippen LogP contribution >= 0.6 is 0 Å². The molecule has 3 rings (SSSR count). The van der Waals surface area contributed by atoms with Crippen LogP contribution in [0, 0.1) is 12.8 Å². The van der Waals surface area contributed by atoms with Crippen LogP contribution in [0.5, 0.6) is 0 Å². The minimum Gasteiger partial charge on any atom is -0.338 e. The average molecular weight is 345 g/mol. The first-order valence-electron chi connectivity index (χ1n) is 8.97. The van der Waals surface area contributed by atoms with Gasteiger partial charge in [0.25, 0.3) is 0 Å². The lowest BCUT2D eigenvalue weighted by Crippen LogP contribution is -2.47. The molecule has 0 spiro atoms. The monoisotopic (exact) mass is 345 g/mol. The number of carbonyl (C=O) groups is 2. The number of hydrogen-bond donors (Lipinski definition) is 3. The molecule has 1 aromatic rings. The molecule has 0 aromatic heterocycles. The fourth-order valence-corrected chi connectivity index (χ4v) is 4.15. The van der Waals surface area contributed by atoms with Crippen LogP contribution < -0.4 is 10.8 Å². The number of hydrogen-bond acceptors (Lipinski definition) is 4. The Morgan fingerprint density at radius 1 is 1.44 bits per heavy atom. The fraction of sp³-hybridized carbons (Fsp3) is 0.579. The number of nitrogens with one attached hydrogen (secondary N) is 2. The minimum absolute atomic E-state index is 0.0824. The SMILES string of the molecule is Cc1ccc(C2(C)CCN(C(CC(=O)NO)C3CCNC3)C2=O)cc1. The molecule has 2 fully saturated rings. The number of rotatable bonds is 5. The first-order chi connectivity index (χ1) is 12.0. The zero-order valence-electron chi connectivity index (χ0n) is 14.9. The topological polar surface area (TPSA) is 81.7 Å². The Hall–Kier alpha value is -1.92. The summed E-state index contributed by atoms with van der Waals surface area (Å²) in [4.78, 5) is 27.0. The Kier molecular flexibility index (Phi) is 5.11. The van der Waals surface area contributed by atoms with Crippen molar-refractivity contribution >= 4 is 11.8 Å². The number of nitrogens with zero attached hydrogens (tertiary/aromatic N) is 1. The molecule has 6 nitrogen and oxygen atoms in total. The molecular weight excluding hydrogens is 318 g/mol. The highest BCUT2D eigenvalue weighted by molar-refractivity contribution is 5.90. The first kappa shape index (κ1) is 17.9. The fourth-order valence-electron chi connectivity index (χ4n) is 4.15. The van der Waals surface area contributed by atoms with Gasteiger partial charge in [-0.3, -0.25) is 14.8 Å². The van der Waals surface area contributed by atoms with Crippen molar-refractivity contribution in [3.8, 4) is 0 Å². The standard InChI is InChI=1S/C19H27N3O3/c1-13-3-5-15(6-4-13)19(2)8-10-22(18(19)24)16(11-17(23)21-25)14-7-9-20-12-14/h3-6,14,16,20,25H,7-12H2,1-2H3,(H,21,23). The van der Waals surface area contributed by atoms with Gasteiger partial charge in [-0.25, -0.2) is 5.48 Å². The summed E-state index contributed by atoms with van der Waals surface area (Å²) in [7, 11) is 0. The summed E-state index contributed by atoms with van der Waals surface area (Å²) < 4.78 is 0. The van der Waals surface area contributed by atoms with Crippen LogP contribution in [0.3, 0.4) is 0 Å². The molecule has 3 atom stereocenters. The van der Waals surface area contributed by atoms with E-state index < -0.39 is 11.3 Å². The predicted molar refractivity (Wildman–Crippen MR) is 94.2 cm³/mol. The van der Waals surface area contributed by atoms with Gasteiger partial charge in [0, 0.05) is 19.0 Å². The first-order valence-corrected chi connectivity index (χ1v) is 8.97. The van der Waals surface area contributed by atoms with E-state index in [0.717, 1.165) is 31.5 Å². The quantitative estimate of drug-likeness (QED) is 0.556. The van der Waals surface area contributed by atoms with Crippen LogP contribution in [0.2, 0.25) is 0 Å². The van der Waals surface area contributed by atoms with E-state index >= 15 is 0 Å². The molecule has 2 amide bonds. The number of benzene rings is 1. The molecule has 0 saturated carbocycles. The molecule has 6 heteroatoms. The van der Waals surface area contributed by atoms with E-state index in [2.05, 4.69) is 5.32 Å². The largest absolute Gasteiger partial charge is 0.338 e. The molecular formula is C19H27N3O3. The Morgan fingerprint density at radius 2 is 2.16 bits per heavy atom. The number of carbonyl (C=O) groups excluding carboxylic acids is 2. The number of hydroxylamine groups is 1. The maximum atomic E-state index is 13.3. The van der Waals surface area contributed by atoms with Crippen LogP contribution in [0.1, 0.15) is 37.3 Å². The second-order valence-electron chi connectivity index (χ2n) is 7.51. The van der Waals surface area contributed by atoms with Gasteiger partial charge in [-0.1, -0.05) is 29.8 Å². The number of likely N-dealkylation sites (tertiary alicyclic amines) is 1. The summed E-state index contributed by atoms with van der Waals surface area (Å²) in [6.45, 7) is 6.37. The molecule has 136 valence electrons. The molecule has 2 aliphatic rings. The third-order valence-corrected chi connectivity index (χ3v) is 5.84. The molecule has 2 aliphatic heterocycles. The lowest BCUT2D eigenvalue weighted by molar-refractivity contribution is -0.137. The number of amides is 2. The van der Waals surface area contributed by atoms with Gasteiger partial charge in [0.15, 0.2) is 0 Å². The van der Waals surface area contributed by atoms with E-state index in [1.807, 2.05) is 43.0 Å². The molecule has 0 bridgehead atoms. The highest BCUT2D eigenvalue weighted by Crippen LogP contribution is 2.38. The zero-order valence-corrected chi connectivity index (χ0v) is 14.9.